The summed E-state index contributed by atoms with van der Waals surface area (Å²) in [5.74, 6) is -1.04. The van der Waals surface area contributed by atoms with Crippen molar-refractivity contribution in [3.63, 3.8) is 0 Å². The van der Waals surface area contributed by atoms with E-state index >= 15 is 0 Å². The van der Waals surface area contributed by atoms with Crippen LogP contribution in [0.15, 0.2) is 53.4 Å². The van der Waals surface area contributed by atoms with Crippen LogP contribution in [0.1, 0.15) is 24.8 Å². The number of piperidine rings is 1. The van der Waals surface area contributed by atoms with Crippen molar-refractivity contribution in [2.75, 3.05) is 31.6 Å². The first kappa shape index (κ1) is 24.5. The fourth-order valence-electron chi connectivity index (χ4n) is 3.71. The number of thioether (sulfide) groups is 1. The van der Waals surface area contributed by atoms with Crippen molar-refractivity contribution in [1.82, 2.24) is 9.80 Å². The lowest BCUT2D eigenvalue weighted by Crippen LogP contribution is -2.44. The Hall–Kier alpha value is -3.66. The van der Waals surface area contributed by atoms with Crippen molar-refractivity contribution in [2.24, 2.45) is 0 Å². The Labute approximate surface area is 206 Å². The summed E-state index contributed by atoms with van der Waals surface area (Å²) in [5, 5.41) is 2.14. The fourth-order valence-corrected chi connectivity index (χ4v) is 4.54. The summed E-state index contributed by atoms with van der Waals surface area (Å²) in [6, 6.07) is 12.1. The number of anilines is 1. The van der Waals surface area contributed by atoms with E-state index in [1.165, 1.54) is 24.3 Å². The van der Waals surface area contributed by atoms with Gasteiger partial charge in [-0.25, -0.2) is 4.39 Å². The number of rotatable bonds is 7. The van der Waals surface area contributed by atoms with Crippen LogP contribution in [0.5, 0.6) is 5.75 Å². The van der Waals surface area contributed by atoms with Crippen LogP contribution in [0, 0.1) is 5.82 Å². The molecule has 2 aliphatic heterocycles. The van der Waals surface area contributed by atoms with E-state index < -0.39 is 22.9 Å². The van der Waals surface area contributed by atoms with Gasteiger partial charge in [0.1, 0.15) is 18.1 Å². The van der Waals surface area contributed by atoms with Crippen molar-refractivity contribution in [3.8, 4) is 5.75 Å². The van der Waals surface area contributed by atoms with Gasteiger partial charge in [-0.2, -0.15) is 0 Å². The first-order valence-corrected chi connectivity index (χ1v) is 12.0. The summed E-state index contributed by atoms with van der Waals surface area (Å²) in [7, 11) is 0. The number of halogens is 1. The number of amides is 4. The molecule has 0 spiro atoms. The third-order valence-electron chi connectivity index (χ3n) is 5.55. The number of ether oxygens (including phenoxy) is 1. The summed E-state index contributed by atoms with van der Waals surface area (Å²) in [5.41, 5.74) is 1.13. The number of imide groups is 1. The summed E-state index contributed by atoms with van der Waals surface area (Å²) >= 11 is 0.806. The Bertz CT molecular complexity index is 1140. The van der Waals surface area contributed by atoms with E-state index in [2.05, 4.69) is 5.32 Å². The second-order valence-corrected chi connectivity index (χ2v) is 9.12. The first-order valence-electron chi connectivity index (χ1n) is 11.2. The molecule has 1 N–H and O–H groups in total. The van der Waals surface area contributed by atoms with Crippen molar-refractivity contribution in [3.05, 3.63) is 64.8 Å². The number of carbonyl (C=O) groups excluding carboxylic acids is 4. The summed E-state index contributed by atoms with van der Waals surface area (Å²) < 4.78 is 18.4. The number of nitrogens with one attached hydrogen (secondary N) is 1. The average molecular weight is 498 g/mol. The highest BCUT2D eigenvalue weighted by Gasteiger charge is 2.37. The van der Waals surface area contributed by atoms with Gasteiger partial charge in [0.05, 0.1) is 4.91 Å². The van der Waals surface area contributed by atoms with Gasteiger partial charge in [0.25, 0.3) is 17.1 Å². The van der Waals surface area contributed by atoms with Gasteiger partial charge in [0, 0.05) is 18.8 Å². The van der Waals surface area contributed by atoms with E-state index in [-0.39, 0.29) is 24.0 Å². The number of nitrogens with zero attached hydrogens (tertiary/aromatic N) is 2. The molecule has 2 aromatic carbocycles. The van der Waals surface area contributed by atoms with Gasteiger partial charge in [-0.3, -0.25) is 24.1 Å². The number of benzene rings is 2. The predicted molar refractivity (Wildman–Crippen MR) is 130 cm³/mol. The Balaban J connectivity index is 1.30. The number of hydrogen-bond acceptors (Lipinski definition) is 6. The van der Waals surface area contributed by atoms with Crippen molar-refractivity contribution < 1.29 is 28.3 Å². The maximum atomic E-state index is 12.9. The lowest BCUT2D eigenvalue weighted by atomic mass is 10.1. The maximum absolute atomic E-state index is 12.9. The second kappa shape index (κ2) is 11.2. The zero-order valence-corrected chi connectivity index (χ0v) is 19.7. The van der Waals surface area contributed by atoms with Crippen LogP contribution in [0.25, 0.3) is 6.08 Å². The van der Waals surface area contributed by atoms with E-state index in [1.54, 1.807) is 35.2 Å². The van der Waals surface area contributed by atoms with Crippen LogP contribution >= 0.6 is 11.8 Å². The van der Waals surface area contributed by atoms with Crippen LogP contribution in [-0.2, 0) is 14.4 Å². The first-order chi connectivity index (χ1) is 16.9. The molecule has 0 aromatic heterocycles. The molecule has 0 radical (unpaired) electrons. The van der Waals surface area contributed by atoms with Crippen LogP contribution in [0.3, 0.4) is 0 Å². The quantitative estimate of drug-likeness (QED) is 0.583. The van der Waals surface area contributed by atoms with Gasteiger partial charge in [-0.15, -0.1) is 0 Å². The van der Waals surface area contributed by atoms with Crippen LogP contribution in [0.4, 0.5) is 14.9 Å². The predicted octanol–water partition coefficient (Wildman–Crippen LogP) is 3.89. The van der Waals surface area contributed by atoms with E-state index in [1.807, 2.05) is 0 Å². The van der Waals surface area contributed by atoms with Gasteiger partial charge in [0.15, 0.2) is 6.61 Å². The normalized spacial score (nSPS) is 17.1. The minimum absolute atomic E-state index is 0.210. The third kappa shape index (κ3) is 6.48. The number of hydrogen-bond donors (Lipinski definition) is 1. The Morgan fingerprint density at radius 1 is 1.00 bits per heavy atom. The average Bonchev–Trinajstić information content (AvgIpc) is 3.12. The molecule has 0 atom stereocenters. The molecule has 4 rings (SSSR count). The molecular formula is C25H24FN3O5S. The maximum Gasteiger partial charge on any atom is 0.294 e. The molecule has 10 heteroatoms. The molecule has 2 fully saturated rings. The van der Waals surface area contributed by atoms with Gasteiger partial charge < -0.3 is 15.0 Å². The van der Waals surface area contributed by atoms with Crippen molar-refractivity contribution >= 4 is 46.5 Å². The molecule has 0 saturated carbocycles. The fraction of sp³-hybridized carbons (Fsp3) is 0.280. The topological polar surface area (TPSA) is 96.0 Å². The molecule has 4 amide bonds. The minimum Gasteiger partial charge on any atom is -0.484 e. The van der Waals surface area contributed by atoms with Gasteiger partial charge in [-0.05, 0) is 79.1 Å². The molecule has 35 heavy (non-hydrogen) atoms. The number of likely N-dealkylation sites (tertiary alicyclic amines) is 1. The SMILES string of the molecule is O=C(COc1ccc(C=C2SC(=O)N(CC(=O)N3CCCCC3)C2=O)cc1)Nc1ccc(F)cc1. The molecule has 2 aromatic rings. The molecule has 2 saturated heterocycles. The van der Waals surface area contributed by atoms with E-state index in [4.69, 9.17) is 4.74 Å². The molecule has 0 aliphatic carbocycles. The second-order valence-electron chi connectivity index (χ2n) is 8.12. The highest BCUT2D eigenvalue weighted by Crippen LogP contribution is 2.32. The largest absolute Gasteiger partial charge is 0.484 e. The standard InChI is InChI=1S/C25H24FN3O5S/c26-18-6-8-19(9-7-18)27-22(30)16-34-20-10-4-17(5-11-20)14-21-24(32)29(25(33)35-21)15-23(31)28-12-2-1-3-13-28/h4-11,14H,1-3,12-13,15-16H2,(H,27,30). The summed E-state index contributed by atoms with van der Waals surface area (Å²) in [6.07, 6.45) is 4.54. The third-order valence-corrected chi connectivity index (χ3v) is 6.46. The Morgan fingerprint density at radius 2 is 1.69 bits per heavy atom. The van der Waals surface area contributed by atoms with Crippen LogP contribution < -0.4 is 10.1 Å². The van der Waals surface area contributed by atoms with Crippen molar-refractivity contribution in [1.29, 1.82) is 0 Å². The number of carbonyl (C=O) groups is 4. The van der Waals surface area contributed by atoms with Crippen LogP contribution in [-0.4, -0.2) is 59.0 Å². The van der Waals surface area contributed by atoms with Gasteiger partial charge in [0.2, 0.25) is 5.91 Å². The van der Waals surface area contributed by atoms with Gasteiger partial charge >= 0.3 is 0 Å². The zero-order valence-electron chi connectivity index (χ0n) is 18.9. The van der Waals surface area contributed by atoms with E-state index in [9.17, 15) is 23.6 Å². The molecule has 0 bridgehead atoms. The molecule has 0 unspecified atom stereocenters. The molecule has 2 heterocycles. The molecular weight excluding hydrogens is 473 g/mol. The monoisotopic (exact) mass is 497 g/mol. The molecule has 2 aliphatic rings. The van der Waals surface area contributed by atoms with E-state index in [0.29, 0.717) is 30.1 Å². The highest BCUT2D eigenvalue weighted by atomic mass is 32.2. The summed E-state index contributed by atoms with van der Waals surface area (Å²) in [4.78, 5) is 52.4. The highest BCUT2D eigenvalue weighted by molar-refractivity contribution is 8.18. The zero-order chi connectivity index (χ0) is 24.8. The molecule has 182 valence electrons. The smallest absolute Gasteiger partial charge is 0.294 e. The molecule has 8 nitrogen and oxygen atoms in total. The minimum atomic E-state index is -0.483. The van der Waals surface area contributed by atoms with Crippen LogP contribution in [0.2, 0.25) is 0 Å². The van der Waals surface area contributed by atoms with Crippen molar-refractivity contribution in [2.45, 2.75) is 19.3 Å². The van der Waals surface area contributed by atoms with Gasteiger partial charge in [-0.1, -0.05) is 12.1 Å². The lowest BCUT2D eigenvalue weighted by molar-refractivity contribution is -0.136. The lowest BCUT2D eigenvalue weighted by Gasteiger charge is -2.27. The Morgan fingerprint density at radius 3 is 2.37 bits per heavy atom. The Kier molecular flexibility index (Phi) is 7.81. The van der Waals surface area contributed by atoms with E-state index in [0.717, 1.165) is 35.9 Å². The summed E-state index contributed by atoms with van der Waals surface area (Å²) in [6.45, 7) is 0.843.